The Kier molecular flexibility index (Phi) is 67.5. The molecule has 0 amide bonds. The van der Waals surface area contributed by atoms with Crippen molar-refractivity contribution < 1.29 is 37.3 Å². The molecule has 4 aliphatic carbocycles. The minimum absolute atomic E-state index is 0.0556. The molecule has 0 bridgehead atoms. The highest BCUT2D eigenvalue weighted by molar-refractivity contribution is 4.88. The largest absolute Gasteiger partial charge is 0.389 e. The Morgan fingerprint density at radius 1 is 0.450 bits per heavy atom. The number of rotatable bonds is 7. The molecule has 6 heteroatoms. The molecule has 0 heterocycles. The molecule has 4 aliphatic rings. The SMILES string of the molecule is CC.CC(C)(C)C.CC(C)(C)C.CC(C)C.CC1CCC2(CCCC2)CC1.CCC.CCCC.CC[C@H](C)CC(F)(F)F.CC[C@H](C)CC(F)(F)F.[2H]C([2H])(C)C(C)(C)C.[2H]C([2H])(C)C(C)C.[2H]C([2H])(C)CC.[2H]C1(C)CCCC1.[2H]C1(C)CCCCC1. The van der Waals surface area contributed by atoms with Crippen LogP contribution in [-0.4, -0.2) is 12.4 Å². The molecule has 0 aliphatic heterocycles. The van der Waals surface area contributed by atoms with Gasteiger partial charge in [0.2, 0.25) is 0 Å². The van der Waals surface area contributed by atoms with Crippen LogP contribution in [0.25, 0.3) is 0 Å². The lowest BCUT2D eigenvalue weighted by atomic mass is 9.70. The van der Waals surface area contributed by atoms with E-state index in [4.69, 9.17) is 11.0 Å². The number of alkyl halides is 6. The molecule has 0 N–H and O–H groups in total. The molecule has 80 heavy (non-hydrogen) atoms. The van der Waals surface area contributed by atoms with E-state index in [0.717, 1.165) is 42.9 Å². The minimum atomic E-state index is -3.98. The van der Waals surface area contributed by atoms with Crippen LogP contribution in [0.1, 0.15) is 419 Å². The van der Waals surface area contributed by atoms with Crippen LogP contribution < -0.4 is 0 Å². The van der Waals surface area contributed by atoms with Gasteiger partial charge in [-0.1, -0.05) is 370 Å². The third kappa shape index (κ3) is 142. The Labute approximate surface area is 519 Å². The Morgan fingerprint density at radius 3 is 0.800 bits per heavy atom. The highest BCUT2D eigenvalue weighted by atomic mass is 19.4. The standard InChI is InChI=1S/C11H20.C7H14.2C6H11F3.C6H12.C6H14.3C5H12.3C4H10.C3H8.C2H6/c1-10-4-8-11(9-5-10)6-2-3-7-11;1-7-5-3-2-4-6-7;2*1-3-5(2)4-6(7,8)9;1-6-4-2-3-5-6;1-5-6(2,3)4;2*1-5(2,3)4;1-4-5(2)3;1-4(2)3;2*1-3-4-2;1-3-2;1-2/h10H,2-9H2,1H3;7H,2-6H2,1H3;2*5H,3-4H2,1-2H3;6H,2-5H2,1H3;5H2,1-4H3;2*1-4H3;5H,4H2,1-3H3;4H,1-3H3;2*3-4H2,1-2H3;3H2,1-2H3;1-2H3/t;;2*5-;;;;;;;;;;/m..00........../s1/i;7D;;;6D;5D2;;;4D2;;3D2;;;. The van der Waals surface area contributed by atoms with Crippen molar-refractivity contribution >= 4 is 0 Å². The molecule has 2 atom stereocenters. The molecule has 4 fully saturated rings. The minimum Gasteiger partial charge on any atom is -0.171 e. The van der Waals surface area contributed by atoms with Gasteiger partial charge in [0.1, 0.15) is 0 Å². The molecule has 4 saturated carbocycles. The summed E-state index contributed by atoms with van der Waals surface area (Å²) in [5.74, 6) is 1.40. The third-order valence-corrected chi connectivity index (χ3v) is 11.9. The number of unbranched alkanes of at least 4 members (excludes halogenated alkanes) is 1. The van der Waals surface area contributed by atoms with Crippen molar-refractivity contribution in [3.63, 3.8) is 0 Å². The van der Waals surface area contributed by atoms with Crippen molar-refractivity contribution in [2.24, 2.45) is 63.0 Å². The first-order valence-electron chi connectivity index (χ1n) is 37.1. The second-order valence-electron chi connectivity index (χ2n) is 28.3. The number of hydrogen-bond donors (Lipinski definition) is 0. The summed E-state index contributed by atoms with van der Waals surface area (Å²) in [5, 5.41) is 0. The number of halogens is 6. The summed E-state index contributed by atoms with van der Waals surface area (Å²) in [5.41, 5.74) is 1.62. The summed E-state index contributed by atoms with van der Waals surface area (Å²) in [6, 6.07) is 0. The van der Waals surface area contributed by atoms with Crippen LogP contribution in [-0.2, 0) is 0 Å². The fraction of sp³-hybridized carbons (Fsp3) is 1.00. The van der Waals surface area contributed by atoms with E-state index < -0.39 is 44.3 Å². The van der Waals surface area contributed by atoms with E-state index in [0.29, 0.717) is 30.1 Å². The molecule has 4 rings (SSSR count). The average molecular weight is 1170 g/mol. The first-order chi connectivity index (χ1) is 38.9. The zero-order valence-corrected chi connectivity index (χ0v) is 61.3. The van der Waals surface area contributed by atoms with Crippen LogP contribution in [0.2, 0.25) is 0 Å². The molecule has 500 valence electrons. The van der Waals surface area contributed by atoms with E-state index >= 15 is 0 Å². The Balaban J connectivity index is -0.0000000946. The topological polar surface area (TPSA) is 0 Å². The lowest BCUT2D eigenvalue weighted by molar-refractivity contribution is -0.144. The predicted molar refractivity (Wildman–Crippen MR) is 363 cm³/mol. The first-order valence-corrected chi connectivity index (χ1v) is 33.1. The molecule has 0 aromatic carbocycles. The molecule has 1 spiro atoms. The Hall–Kier alpha value is -0.420. The fourth-order valence-electron chi connectivity index (χ4n) is 6.21. The van der Waals surface area contributed by atoms with Gasteiger partial charge >= 0.3 is 12.4 Å². The fourth-order valence-corrected chi connectivity index (χ4v) is 6.21. The van der Waals surface area contributed by atoms with Gasteiger partial charge in [-0.3, -0.25) is 0 Å². The summed E-state index contributed by atoms with van der Waals surface area (Å²) >= 11 is 0. The van der Waals surface area contributed by atoms with Crippen LogP contribution >= 0.6 is 0 Å². The van der Waals surface area contributed by atoms with E-state index in [-0.39, 0.29) is 35.0 Å². The maximum Gasteiger partial charge on any atom is 0.389 e. The maximum atomic E-state index is 11.5. The third-order valence-electron chi connectivity index (χ3n) is 11.9. The van der Waals surface area contributed by atoms with Crippen molar-refractivity contribution in [2.75, 3.05) is 0 Å². The van der Waals surface area contributed by atoms with Crippen molar-refractivity contribution in [2.45, 2.75) is 420 Å². The van der Waals surface area contributed by atoms with Crippen LogP contribution in [0.4, 0.5) is 26.3 Å². The molecule has 0 unspecified atom stereocenters. The van der Waals surface area contributed by atoms with Crippen LogP contribution in [0.5, 0.6) is 0 Å². The van der Waals surface area contributed by atoms with Gasteiger partial charge in [-0.2, -0.15) is 26.3 Å². The van der Waals surface area contributed by atoms with E-state index in [2.05, 4.69) is 111 Å². The van der Waals surface area contributed by atoms with Gasteiger partial charge in [0, 0.05) is 23.8 Å². The molecular weight excluding hydrogens is 1000 g/mol. The monoisotopic (exact) mass is 1170 g/mol. The van der Waals surface area contributed by atoms with Gasteiger partial charge in [0.15, 0.2) is 0 Å². The highest BCUT2D eigenvalue weighted by Crippen LogP contribution is 2.50. The lowest BCUT2D eigenvalue weighted by Gasteiger charge is -2.36. The van der Waals surface area contributed by atoms with Gasteiger partial charge in [-0.15, -0.1) is 0 Å². The summed E-state index contributed by atoms with van der Waals surface area (Å²) < 4.78 is 126. The van der Waals surface area contributed by atoms with Gasteiger partial charge in [-0.05, 0) is 88.7 Å². The zero-order chi connectivity index (χ0) is 73.1. The molecule has 0 saturated heterocycles. The van der Waals surface area contributed by atoms with E-state index in [9.17, 15) is 26.3 Å². The Morgan fingerprint density at radius 2 is 0.675 bits per heavy atom. The first kappa shape index (κ1) is 81.6. The average Bonchev–Trinajstić information content (AvgIpc) is 3.96. The summed E-state index contributed by atoms with van der Waals surface area (Å²) in [6.45, 7) is 65.9. The second kappa shape index (κ2) is 66.1. The maximum absolute atomic E-state index is 11.5. The Bertz CT molecular complexity index is 1310. The van der Waals surface area contributed by atoms with E-state index in [1.54, 1.807) is 74.1 Å². The van der Waals surface area contributed by atoms with Crippen molar-refractivity contribution in [1.82, 2.24) is 0 Å². The predicted octanol–water partition coefficient (Wildman–Crippen LogP) is 30.8. The van der Waals surface area contributed by atoms with Gasteiger partial charge < -0.3 is 0 Å². The van der Waals surface area contributed by atoms with Crippen LogP contribution in [0, 0.1) is 63.0 Å². The van der Waals surface area contributed by atoms with Crippen LogP contribution in [0.3, 0.4) is 0 Å². The number of hydrogen-bond acceptors (Lipinski definition) is 0. The molecule has 0 radical (unpaired) electrons. The zero-order valence-electron chi connectivity index (χ0n) is 69.3. The second-order valence-corrected chi connectivity index (χ2v) is 28.3. The van der Waals surface area contributed by atoms with Crippen molar-refractivity contribution in [1.29, 1.82) is 0 Å². The summed E-state index contributed by atoms with van der Waals surface area (Å²) in [6.07, 6.45) is 16.6. The molecule has 0 aromatic rings. The van der Waals surface area contributed by atoms with Crippen LogP contribution in [0.15, 0.2) is 0 Å². The molecular formula is C74H162F6. The molecule has 0 aromatic heterocycles. The molecule has 0 nitrogen and oxygen atoms in total. The van der Waals surface area contributed by atoms with Crippen molar-refractivity contribution in [3.8, 4) is 0 Å². The lowest BCUT2D eigenvalue weighted by Crippen LogP contribution is -2.23. The quantitative estimate of drug-likeness (QED) is 0.223. The van der Waals surface area contributed by atoms with Gasteiger partial charge in [0.05, 0.1) is 0 Å². The van der Waals surface area contributed by atoms with E-state index in [1.165, 1.54) is 77.0 Å². The van der Waals surface area contributed by atoms with Gasteiger partial charge in [-0.25, -0.2) is 0 Å². The normalized spacial score (nSPS) is 19.3. The van der Waals surface area contributed by atoms with E-state index in [1.807, 2.05) is 69.2 Å². The summed E-state index contributed by atoms with van der Waals surface area (Å²) in [4.78, 5) is 0. The van der Waals surface area contributed by atoms with Gasteiger partial charge in [0.25, 0.3) is 0 Å². The highest BCUT2D eigenvalue weighted by Gasteiger charge is 2.36. The van der Waals surface area contributed by atoms with Crippen molar-refractivity contribution in [3.05, 3.63) is 0 Å². The summed E-state index contributed by atoms with van der Waals surface area (Å²) in [7, 11) is 0. The smallest absolute Gasteiger partial charge is 0.171 e.